The van der Waals surface area contributed by atoms with Gasteiger partial charge in [0.1, 0.15) is 5.82 Å². The maximum atomic E-state index is 5.50. The number of rotatable bonds is 3. The predicted octanol–water partition coefficient (Wildman–Crippen LogP) is 1.27. The van der Waals surface area contributed by atoms with E-state index in [2.05, 4.69) is 27.9 Å². The highest BCUT2D eigenvalue weighted by atomic mass is 16.5. The van der Waals surface area contributed by atoms with Gasteiger partial charge in [0.25, 0.3) is 0 Å². The first-order valence-electron chi connectivity index (χ1n) is 6.48. The van der Waals surface area contributed by atoms with Crippen LogP contribution in [-0.4, -0.2) is 50.7 Å². The standard InChI is InChI=1S/C14H21N3O2/c1-11(2)19-14(15-3)12-4-5-13(16-10-12)17-6-8-18-9-7-17/h4-5,16H,1,6-10H2,2-3H3. The van der Waals surface area contributed by atoms with Gasteiger partial charge in [-0.25, -0.2) is 0 Å². The summed E-state index contributed by atoms with van der Waals surface area (Å²) in [7, 11) is 1.72. The van der Waals surface area contributed by atoms with Gasteiger partial charge in [0.05, 0.1) is 19.0 Å². The summed E-state index contributed by atoms with van der Waals surface area (Å²) in [6.45, 7) is 9.70. The molecule has 104 valence electrons. The number of hydrogen-bond donors (Lipinski definition) is 1. The number of nitrogens with zero attached hydrogens (tertiary/aromatic N) is 2. The van der Waals surface area contributed by atoms with Crippen molar-refractivity contribution in [2.24, 2.45) is 4.99 Å². The molecule has 5 nitrogen and oxygen atoms in total. The van der Waals surface area contributed by atoms with E-state index in [-0.39, 0.29) is 0 Å². The number of hydrogen-bond acceptors (Lipinski definition) is 5. The molecule has 0 bridgehead atoms. The third-order valence-electron chi connectivity index (χ3n) is 3.00. The summed E-state index contributed by atoms with van der Waals surface area (Å²) in [5.41, 5.74) is 1.03. The van der Waals surface area contributed by atoms with Crippen LogP contribution in [0.4, 0.5) is 0 Å². The highest BCUT2D eigenvalue weighted by molar-refractivity contribution is 5.95. The van der Waals surface area contributed by atoms with Crippen LogP contribution in [0.3, 0.4) is 0 Å². The van der Waals surface area contributed by atoms with Crippen molar-refractivity contribution in [1.82, 2.24) is 10.2 Å². The minimum Gasteiger partial charge on any atom is -0.444 e. The SMILES string of the molecule is C=C(C)OC(=NC)C1=CC=C(N2CCOCC2)NC1. The Morgan fingerprint density at radius 2 is 2.16 bits per heavy atom. The number of aliphatic imine (C=N–C) groups is 1. The average molecular weight is 263 g/mol. The van der Waals surface area contributed by atoms with Crippen LogP contribution in [0.5, 0.6) is 0 Å². The van der Waals surface area contributed by atoms with Gasteiger partial charge in [-0.1, -0.05) is 6.58 Å². The summed E-state index contributed by atoms with van der Waals surface area (Å²) >= 11 is 0. The normalized spacial score (nSPS) is 20.3. The van der Waals surface area contributed by atoms with Gasteiger partial charge >= 0.3 is 0 Å². The molecule has 1 saturated heterocycles. The Morgan fingerprint density at radius 1 is 1.42 bits per heavy atom. The zero-order valence-corrected chi connectivity index (χ0v) is 11.6. The van der Waals surface area contributed by atoms with E-state index in [0.717, 1.165) is 37.7 Å². The Hall–Kier alpha value is -1.75. The number of dihydropyridines is 1. The second kappa shape index (κ2) is 6.43. The molecule has 0 aliphatic carbocycles. The summed E-state index contributed by atoms with van der Waals surface area (Å²) in [6, 6.07) is 0. The summed E-state index contributed by atoms with van der Waals surface area (Å²) < 4.78 is 10.9. The molecule has 0 spiro atoms. The van der Waals surface area contributed by atoms with Gasteiger partial charge in [-0.15, -0.1) is 0 Å². The molecule has 5 heteroatoms. The molecular weight excluding hydrogens is 242 g/mol. The van der Waals surface area contributed by atoms with Gasteiger partial charge in [-0.3, -0.25) is 4.99 Å². The van der Waals surface area contributed by atoms with E-state index >= 15 is 0 Å². The fraction of sp³-hybridized carbons (Fsp3) is 0.500. The maximum Gasteiger partial charge on any atom is 0.218 e. The molecule has 0 aromatic rings. The van der Waals surface area contributed by atoms with Crippen molar-refractivity contribution in [2.45, 2.75) is 6.92 Å². The molecule has 0 aromatic heterocycles. The number of ether oxygens (including phenoxy) is 2. The Morgan fingerprint density at radius 3 is 2.68 bits per heavy atom. The fourth-order valence-corrected chi connectivity index (χ4v) is 2.07. The molecule has 0 unspecified atom stereocenters. The van der Waals surface area contributed by atoms with Crippen molar-refractivity contribution in [3.8, 4) is 0 Å². The van der Waals surface area contributed by atoms with Gasteiger partial charge < -0.3 is 19.7 Å². The first-order valence-corrected chi connectivity index (χ1v) is 6.48. The van der Waals surface area contributed by atoms with Crippen molar-refractivity contribution in [3.63, 3.8) is 0 Å². The molecule has 1 N–H and O–H groups in total. The third-order valence-corrected chi connectivity index (χ3v) is 3.00. The summed E-state index contributed by atoms with van der Waals surface area (Å²) in [4.78, 5) is 6.44. The highest BCUT2D eigenvalue weighted by Crippen LogP contribution is 2.13. The molecular formula is C14H21N3O2. The Kier molecular flexibility index (Phi) is 4.63. The smallest absolute Gasteiger partial charge is 0.218 e. The lowest BCUT2D eigenvalue weighted by molar-refractivity contribution is 0.0504. The summed E-state index contributed by atoms with van der Waals surface area (Å²) in [5.74, 6) is 2.40. The van der Waals surface area contributed by atoms with E-state index in [1.807, 2.05) is 13.0 Å². The zero-order chi connectivity index (χ0) is 13.7. The van der Waals surface area contributed by atoms with Crippen LogP contribution in [0, 0.1) is 0 Å². The van der Waals surface area contributed by atoms with E-state index in [1.165, 1.54) is 0 Å². The van der Waals surface area contributed by atoms with Crippen molar-refractivity contribution in [1.29, 1.82) is 0 Å². The van der Waals surface area contributed by atoms with Gasteiger partial charge in [0.15, 0.2) is 0 Å². The second-order valence-electron chi connectivity index (χ2n) is 4.53. The van der Waals surface area contributed by atoms with Crippen LogP contribution in [0.1, 0.15) is 6.92 Å². The van der Waals surface area contributed by atoms with Gasteiger partial charge in [-0.2, -0.15) is 0 Å². The molecule has 2 rings (SSSR count). The lowest BCUT2D eigenvalue weighted by Gasteiger charge is -2.32. The van der Waals surface area contributed by atoms with Crippen LogP contribution < -0.4 is 5.32 Å². The van der Waals surface area contributed by atoms with Gasteiger partial charge in [0, 0.05) is 32.3 Å². The van der Waals surface area contributed by atoms with Crippen molar-refractivity contribution >= 4 is 5.90 Å². The lowest BCUT2D eigenvalue weighted by Crippen LogP contribution is -2.42. The Bertz CT molecular complexity index is 432. The average Bonchev–Trinajstić information content (AvgIpc) is 2.46. The van der Waals surface area contributed by atoms with Gasteiger partial charge in [-0.05, 0) is 19.1 Å². The third kappa shape index (κ3) is 3.61. The number of morpholine rings is 1. The first kappa shape index (κ1) is 13.7. The number of allylic oxidation sites excluding steroid dienone is 3. The molecule has 0 atom stereocenters. The molecule has 0 radical (unpaired) electrons. The van der Waals surface area contributed by atoms with Crippen LogP contribution >= 0.6 is 0 Å². The molecule has 1 fully saturated rings. The minimum atomic E-state index is 0.622. The van der Waals surface area contributed by atoms with Crippen molar-refractivity contribution in [2.75, 3.05) is 39.9 Å². The molecule has 2 heterocycles. The predicted molar refractivity (Wildman–Crippen MR) is 75.8 cm³/mol. The monoisotopic (exact) mass is 263 g/mol. The van der Waals surface area contributed by atoms with E-state index in [1.54, 1.807) is 7.05 Å². The van der Waals surface area contributed by atoms with E-state index in [0.29, 0.717) is 18.2 Å². The molecule has 2 aliphatic heterocycles. The van der Waals surface area contributed by atoms with Gasteiger partial charge in [0.2, 0.25) is 5.90 Å². The second-order valence-corrected chi connectivity index (χ2v) is 4.53. The molecule has 0 amide bonds. The fourth-order valence-electron chi connectivity index (χ4n) is 2.07. The first-order chi connectivity index (χ1) is 9.20. The van der Waals surface area contributed by atoms with Crippen LogP contribution in [0.2, 0.25) is 0 Å². The lowest BCUT2D eigenvalue weighted by atomic mass is 10.2. The quantitative estimate of drug-likeness (QED) is 0.473. The molecule has 2 aliphatic rings. The maximum absolute atomic E-state index is 5.50. The summed E-state index contributed by atoms with van der Waals surface area (Å²) in [5, 5.41) is 3.40. The minimum absolute atomic E-state index is 0.622. The highest BCUT2D eigenvalue weighted by Gasteiger charge is 2.17. The van der Waals surface area contributed by atoms with E-state index in [9.17, 15) is 0 Å². The Labute approximate surface area is 114 Å². The molecule has 0 aromatic carbocycles. The largest absolute Gasteiger partial charge is 0.444 e. The zero-order valence-electron chi connectivity index (χ0n) is 11.6. The summed E-state index contributed by atoms with van der Waals surface area (Å²) in [6.07, 6.45) is 4.11. The van der Waals surface area contributed by atoms with Crippen LogP contribution in [0.25, 0.3) is 0 Å². The van der Waals surface area contributed by atoms with Crippen LogP contribution in [0.15, 0.2) is 40.9 Å². The van der Waals surface area contributed by atoms with Crippen molar-refractivity contribution in [3.05, 3.63) is 35.9 Å². The Balaban J connectivity index is 2.04. The topological polar surface area (TPSA) is 46.1 Å². The molecule has 19 heavy (non-hydrogen) atoms. The van der Waals surface area contributed by atoms with Crippen LogP contribution in [-0.2, 0) is 9.47 Å². The van der Waals surface area contributed by atoms with E-state index < -0.39 is 0 Å². The van der Waals surface area contributed by atoms with E-state index in [4.69, 9.17) is 9.47 Å². The molecule has 0 saturated carbocycles. The van der Waals surface area contributed by atoms with Crippen molar-refractivity contribution < 1.29 is 9.47 Å². The number of nitrogens with one attached hydrogen (secondary N) is 1.